The van der Waals surface area contributed by atoms with E-state index in [0.717, 1.165) is 16.7 Å². The maximum atomic E-state index is 12.3. The van der Waals surface area contributed by atoms with Gasteiger partial charge >= 0.3 is 0 Å². The fourth-order valence-electron chi connectivity index (χ4n) is 4.08. The molecule has 4 rings (SSSR count). The van der Waals surface area contributed by atoms with E-state index in [1.54, 1.807) is 13.1 Å². The predicted molar refractivity (Wildman–Crippen MR) is 141 cm³/mol. The van der Waals surface area contributed by atoms with Crippen LogP contribution in [0, 0.1) is 6.92 Å². The average Bonchev–Trinajstić information content (AvgIpc) is 2.87. The molecular weight excluding hydrogens is 444 g/mol. The first kappa shape index (κ1) is 23.8. The summed E-state index contributed by atoms with van der Waals surface area (Å²) in [5, 5.41) is 9.42. The van der Waals surface area contributed by atoms with Crippen LogP contribution in [0.1, 0.15) is 34.5 Å². The standard InChI is InChI=1S/C29H29ClN2O2/c1-19-11-12-22(18-28(19)30)23-15-24(29(33)31-3)17-25(16-23)34-14-13-32-20(2)26-10-6-8-21-7-4-5-9-27(21)26/h4-12,15-18,20,32H,13-14H2,1-3H3,(H,31,33). The van der Waals surface area contributed by atoms with Crippen molar-refractivity contribution in [1.29, 1.82) is 0 Å². The summed E-state index contributed by atoms with van der Waals surface area (Å²) in [6.07, 6.45) is 0. The number of benzene rings is 4. The van der Waals surface area contributed by atoms with Gasteiger partial charge in [-0.3, -0.25) is 4.79 Å². The van der Waals surface area contributed by atoms with E-state index in [1.807, 2.05) is 37.3 Å². The Morgan fingerprint density at radius 3 is 2.56 bits per heavy atom. The molecule has 0 spiro atoms. The van der Waals surface area contributed by atoms with Gasteiger partial charge in [0, 0.05) is 30.2 Å². The maximum Gasteiger partial charge on any atom is 0.251 e. The molecule has 0 saturated heterocycles. The molecule has 1 atom stereocenters. The van der Waals surface area contributed by atoms with E-state index in [4.69, 9.17) is 16.3 Å². The van der Waals surface area contributed by atoms with Gasteiger partial charge in [0.05, 0.1) is 0 Å². The third kappa shape index (κ3) is 5.41. The number of amides is 1. The van der Waals surface area contributed by atoms with E-state index in [1.165, 1.54) is 16.3 Å². The summed E-state index contributed by atoms with van der Waals surface area (Å²) < 4.78 is 6.06. The highest BCUT2D eigenvalue weighted by Gasteiger charge is 2.12. The van der Waals surface area contributed by atoms with E-state index < -0.39 is 0 Å². The van der Waals surface area contributed by atoms with Gasteiger partial charge in [-0.25, -0.2) is 0 Å². The third-order valence-electron chi connectivity index (χ3n) is 6.01. The molecule has 1 amide bonds. The van der Waals surface area contributed by atoms with Crippen LogP contribution in [0.25, 0.3) is 21.9 Å². The van der Waals surface area contributed by atoms with Crippen LogP contribution in [0.15, 0.2) is 78.9 Å². The van der Waals surface area contributed by atoms with Crippen LogP contribution in [0.2, 0.25) is 5.02 Å². The van der Waals surface area contributed by atoms with Crippen molar-refractivity contribution in [2.24, 2.45) is 0 Å². The Morgan fingerprint density at radius 2 is 1.76 bits per heavy atom. The Balaban J connectivity index is 1.46. The normalized spacial score (nSPS) is 11.9. The highest BCUT2D eigenvalue weighted by atomic mass is 35.5. The topological polar surface area (TPSA) is 50.4 Å². The molecule has 0 heterocycles. The molecule has 0 aliphatic heterocycles. The predicted octanol–water partition coefficient (Wildman–Crippen LogP) is 6.56. The molecule has 4 aromatic rings. The summed E-state index contributed by atoms with van der Waals surface area (Å²) >= 11 is 6.33. The van der Waals surface area contributed by atoms with Crippen LogP contribution in [-0.2, 0) is 0 Å². The van der Waals surface area contributed by atoms with E-state index >= 15 is 0 Å². The van der Waals surface area contributed by atoms with Crippen LogP contribution in [0.5, 0.6) is 5.75 Å². The second-order valence-corrected chi connectivity index (χ2v) is 8.79. The third-order valence-corrected chi connectivity index (χ3v) is 6.42. The van der Waals surface area contributed by atoms with Crippen LogP contribution in [-0.4, -0.2) is 26.1 Å². The van der Waals surface area contributed by atoms with Gasteiger partial charge in [-0.05, 0) is 71.1 Å². The van der Waals surface area contributed by atoms with Crippen molar-refractivity contribution in [2.45, 2.75) is 19.9 Å². The number of hydrogen-bond acceptors (Lipinski definition) is 3. The van der Waals surface area contributed by atoms with Crippen molar-refractivity contribution < 1.29 is 9.53 Å². The molecule has 1 unspecified atom stereocenters. The van der Waals surface area contributed by atoms with E-state index in [2.05, 4.69) is 60.0 Å². The van der Waals surface area contributed by atoms with Gasteiger partial charge in [0.2, 0.25) is 0 Å². The zero-order valence-corrected chi connectivity index (χ0v) is 20.4. The fourth-order valence-corrected chi connectivity index (χ4v) is 4.26. The highest BCUT2D eigenvalue weighted by molar-refractivity contribution is 6.31. The number of carbonyl (C=O) groups excluding carboxylic acids is 1. The minimum Gasteiger partial charge on any atom is -0.492 e. The molecule has 0 aliphatic carbocycles. The van der Waals surface area contributed by atoms with Gasteiger partial charge in [0.25, 0.3) is 5.91 Å². The number of nitrogens with one attached hydrogen (secondary N) is 2. The quantitative estimate of drug-likeness (QED) is 0.285. The molecule has 0 aromatic heterocycles. The summed E-state index contributed by atoms with van der Waals surface area (Å²) in [7, 11) is 1.62. The van der Waals surface area contributed by atoms with Crippen molar-refractivity contribution >= 4 is 28.3 Å². The lowest BCUT2D eigenvalue weighted by Crippen LogP contribution is -2.24. The minimum absolute atomic E-state index is 0.160. The Kier molecular flexibility index (Phi) is 7.51. The number of rotatable bonds is 8. The number of fused-ring (bicyclic) bond motifs is 1. The van der Waals surface area contributed by atoms with Gasteiger partial charge in [-0.1, -0.05) is 66.2 Å². The van der Waals surface area contributed by atoms with Gasteiger partial charge in [-0.15, -0.1) is 0 Å². The molecule has 0 aliphatic rings. The molecule has 0 bridgehead atoms. The summed E-state index contributed by atoms with van der Waals surface area (Å²) in [4.78, 5) is 12.3. The molecule has 4 nitrogen and oxygen atoms in total. The minimum atomic E-state index is -0.160. The largest absolute Gasteiger partial charge is 0.492 e. The SMILES string of the molecule is CNC(=O)c1cc(OCCNC(C)c2cccc3ccccc23)cc(-c2ccc(C)c(Cl)c2)c1. The lowest BCUT2D eigenvalue weighted by Gasteiger charge is -2.17. The lowest BCUT2D eigenvalue weighted by atomic mass is 10.00. The molecule has 0 fully saturated rings. The second-order valence-electron chi connectivity index (χ2n) is 8.38. The Morgan fingerprint density at radius 1 is 0.971 bits per heavy atom. The Hall–Kier alpha value is -3.34. The molecular formula is C29H29ClN2O2. The summed E-state index contributed by atoms with van der Waals surface area (Å²) in [6.45, 7) is 5.27. The summed E-state index contributed by atoms with van der Waals surface area (Å²) in [5.74, 6) is 0.486. The van der Waals surface area contributed by atoms with Gasteiger partial charge in [0.15, 0.2) is 0 Å². The summed E-state index contributed by atoms with van der Waals surface area (Å²) in [6, 6.07) is 26.4. The lowest BCUT2D eigenvalue weighted by molar-refractivity contribution is 0.0962. The molecule has 0 radical (unpaired) electrons. The smallest absolute Gasteiger partial charge is 0.251 e. The monoisotopic (exact) mass is 472 g/mol. The molecule has 174 valence electrons. The maximum absolute atomic E-state index is 12.3. The van der Waals surface area contributed by atoms with Crippen LogP contribution < -0.4 is 15.4 Å². The average molecular weight is 473 g/mol. The first-order valence-corrected chi connectivity index (χ1v) is 11.8. The van der Waals surface area contributed by atoms with Gasteiger partial charge in [0.1, 0.15) is 12.4 Å². The fraction of sp³-hybridized carbons (Fsp3) is 0.207. The zero-order chi connectivity index (χ0) is 24.1. The van der Waals surface area contributed by atoms with Crippen LogP contribution in [0.4, 0.5) is 0 Å². The van der Waals surface area contributed by atoms with Crippen LogP contribution in [0.3, 0.4) is 0 Å². The molecule has 0 saturated carbocycles. The number of hydrogen-bond donors (Lipinski definition) is 2. The Bertz CT molecular complexity index is 1310. The number of ether oxygens (including phenoxy) is 1. The first-order chi connectivity index (χ1) is 16.5. The molecule has 34 heavy (non-hydrogen) atoms. The van der Waals surface area contributed by atoms with Crippen molar-refractivity contribution in [2.75, 3.05) is 20.2 Å². The van der Waals surface area contributed by atoms with Crippen molar-refractivity contribution in [1.82, 2.24) is 10.6 Å². The molecule has 5 heteroatoms. The second kappa shape index (κ2) is 10.7. The van der Waals surface area contributed by atoms with Gasteiger partial charge < -0.3 is 15.4 Å². The highest BCUT2D eigenvalue weighted by Crippen LogP contribution is 2.30. The van der Waals surface area contributed by atoms with Crippen molar-refractivity contribution in [3.05, 3.63) is 101 Å². The summed E-state index contributed by atoms with van der Waals surface area (Å²) in [5.41, 5.74) is 4.64. The van der Waals surface area contributed by atoms with E-state index in [9.17, 15) is 4.79 Å². The zero-order valence-electron chi connectivity index (χ0n) is 19.7. The number of carbonyl (C=O) groups is 1. The van der Waals surface area contributed by atoms with Crippen molar-refractivity contribution in [3.63, 3.8) is 0 Å². The number of aryl methyl sites for hydroxylation is 1. The van der Waals surface area contributed by atoms with E-state index in [-0.39, 0.29) is 11.9 Å². The molecule has 4 aromatic carbocycles. The number of halogens is 1. The van der Waals surface area contributed by atoms with Crippen LogP contribution >= 0.6 is 11.6 Å². The Labute approximate surface area is 205 Å². The first-order valence-electron chi connectivity index (χ1n) is 11.4. The van der Waals surface area contributed by atoms with E-state index in [0.29, 0.717) is 29.5 Å². The van der Waals surface area contributed by atoms with Gasteiger partial charge in [-0.2, -0.15) is 0 Å². The van der Waals surface area contributed by atoms with Crippen molar-refractivity contribution in [3.8, 4) is 16.9 Å². The molecule has 2 N–H and O–H groups in total.